The van der Waals surface area contributed by atoms with Gasteiger partial charge in [0.25, 0.3) is 0 Å². The molecule has 1 heterocycles. The number of pyridine rings is 1. The number of sulfonamides is 1. The van der Waals surface area contributed by atoms with Crippen LogP contribution in [-0.4, -0.2) is 43.1 Å². The van der Waals surface area contributed by atoms with Crippen LogP contribution >= 0.6 is 0 Å². The second-order valence-corrected chi connectivity index (χ2v) is 6.74. The fourth-order valence-corrected chi connectivity index (χ4v) is 2.51. The third kappa shape index (κ3) is 5.12. The molecule has 0 aliphatic heterocycles. The summed E-state index contributed by atoms with van der Waals surface area (Å²) in [6.07, 6.45) is 3.35. The normalized spacial score (nSPS) is 12.3. The molecule has 0 aromatic carbocycles. The maximum atomic E-state index is 12.0. The number of hydrogen-bond donors (Lipinski definition) is 1. The topological polar surface area (TPSA) is 62.3 Å². The van der Waals surface area contributed by atoms with Crippen LogP contribution in [0.5, 0.6) is 0 Å². The highest BCUT2D eigenvalue weighted by molar-refractivity contribution is 7.89. The largest absolute Gasteiger partial charge is 0.313 e. The monoisotopic (exact) mass is 271 g/mol. The molecule has 1 N–H and O–H groups in total. The van der Waals surface area contributed by atoms with Crippen LogP contribution in [-0.2, 0) is 16.6 Å². The van der Waals surface area contributed by atoms with E-state index in [2.05, 4.69) is 10.3 Å². The number of hydrogen-bond acceptors (Lipinski definition) is 4. The maximum Gasteiger partial charge on any atom is 0.215 e. The lowest BCUT2D eigenvalue weighted by Crippen LogP contribution is -2.35. The number of rotatable bonds is 7. The van der Waals surface area contributed by atoms with Crippen molar-refractivity contribution in [2.45, 2.75) is 26.4 Å². The van der Waals surface area contributed by atoms with Gasteiger partial charge in [-0.1, -0.05) is 19.9 Å². The zero-order valence-corrected chi connectivity index (χ0v) is 11.9. The van der Waals surface area contributed by atoms with Crippen LogP contribution in [0.1, 0.15) is 19.4 Å². The summed E-state index contributed by atoms with van der Waals surface area (Å²) in [5, 5.41) is 3.10. The van der Waals surface area contributed by atoms with Gasteiger partial charge in [0.1, 0.15) is 0 Å². The van der Waals surface area contributed by atoms with Gasteiger partial charge in [0.05, 0.1) is 5.75 Å². The summed E-state index contributed by atoms with van der Waals surface area (Å²) in [4.78, 5) is 3.97. The van der Waals surface area contributed by atoms with Gasteiger partial charge in [-0.15, -0.1) is 0 Å². The molecule has 5 nitrogen and oxygen atoms in total. The van der Waals surface area contributed by atoms with E-state index in [1.165, 1.54) is 4.31 Å². The second-order valence-electron chi connectivity index (χ2n) is 4.54. The first-order valence-electron chi connectivity index (χ1n) is 5.98. The number of nitrogens with zero attached hydrogens (tertiary/aromatic N) is 2. The first-order chi connectivity index (χ1) is 8.42. The molecule has 1 rings (SSSR count). The Bertz CT molecular complexity index is 446. The standard InChI is InChI=1S/C12H21N3O2S/c1-11(2)14-7-8-18(16,17)15(3)10-12-5-4-6-13-9-12/h4-6,9,11,14H,7-8,10H2,1-3H3. The van der Waals surface area contributed by atoms with Gasteiger partial charge in [-0.3, -0.25) is 4.98 Å². The van der Waals surface area contributed by atoms with Gasteiger partial charge in [-0.25, -0.2) is 12.7 Å². The van der Waals surface area contributed by atoms with E-state index in [1.54, 1.807) is 25.5 Å². The fourth-order valence-electron chi connectivity index (χ4n) is 1.48. The van der Waals surface area contributed by atoms with Gasteiger partial charge in [0.2, 0.25) is 10.0 Å². The SMILES string of the molecule is CC(C)NCCS(=O)(=O)N(C)Cc1cccnc1. The first kappa shape index (κ1) is 15.1. The van der Waals surface area contributed by atoms with Crippen LogP contribution in [0.4, 0.5) is 0 Å². The Morgan fingerprint density at radius 3 is 2.72 bits per heavy atom. The van der Waals surface area contributed by atoms with E-state index in [0.29, 0.717) is 19.1 Å². The maximum absolute atomic E-state index is 12.0. The quantitative estimate of drug-likeness (QED) is 0.798. The predicted molar refractivity (Wildman–Crippen MR) is 72.6 cm³/mol. The highest BCUT2D eigenvalue weighted by Crippen LogP contribution is 2.05. The summed E-state index contributed by atoms with van der Waals surface area (Å²) in [7, 11) is -1.62. The Labute approximate surface area is 109 Å². The highest BCUT2D eigenvalue weighted by Gasteiger charge is 2.17. The molecule has 0 aliphatic rings. The van der Waals surface area contributed by atoms with Crippen molar-refractivity contribution in [1.29, 1.82) is 0 Å². The lowest BCUT2D eigenvalue weighted by atomic mass is 10.3. The minimum absolute atomic E-state index is 0.113. The molecule has 0 atom stereocenters. The second kappa shape index (κ2) is 6.82. The van der Waals surface area contributed by atoms with Crippen molar-refractivity contribution < 1.29 is 8.42 Å². The van der Waals surface area contributed by atoms with Crippen molar-refractivity contribution >= 4 is 10.0 Å². The molecule has 0 aliphatic carbocycles. The lowest BCUT2D eigenvalue weighted by molar-refractivity contribution is 0.463. The fraction of sp³-hybridized carbons (Fsp3) is 0.583. The molecule has 1 aromatic heterocycles. The van der Waals surface area contributed by atoms with E-state index in [-0.39, 0.29) is 5.75 Å². The minimum Gasteiger partial charge on any atom is -0.313 e. The molecule has 0 unspecified atom stereocenters. The molecular weight excluding hydrogens is 250 g/mol. The third-order valence-electron chi connectivity index (χ3n) is 2.52. The van der Waals surface area contributed by atoms with Crippen LogP contribution in [0.2, 0.25) is 0 Å². The molecule has 0 bridgehead atoms. The van der Waals surface area contributed by atoms with Crippen LogP contribution in [0.25, 0.3) is 0 Å². The van der Waals surface area contributed by atoms with Crippen molar-refractivity contribution in [2.24, 2.45) is 0 Å². The van der Waals surface area contributed by atoms with Crippen molar-refractivity contribution in [2.75, 3.05) is 19.3 Å². The van der Waals surface area contributed by atoms with E-state index in [0.717, 1.165) is 5.56 Å². The summed E-state index contributed by atoms with van der Waals surface area (Å²) >= 11 is 0. The Morgan fingerprint density at radius 2 is 2.17 bits per heavy atom. The molecule has 0 fully saturated rings. The zero-order valence-electron chi connectivity index (χ0n) is 11.1. The van der Waals surface area contributed by atoms with Gasteiger partial charge >= 0.3 is 0 Å². The van der Waals surface area contributed by atoms with Gasteiger partial charge in [-0.05, 0) is 11.6 Å². The van der Waals surface area contributed by atoms with E-state index in [4.69, 9.17) is 0 Å². The molecule has 102 valence electrons. The van der Waals surface area contributed by atoms with Gasteiger partial charge in [0, 0.05) is 38.6 Å². The molecular formula is C12H21N3O2S. The average Bonchev–Trinajstić information content (AvgIpc) is 2.29. The Balaban J connectivity index is 2.52. The Hall–Kier alpha value is -0.980. The number of nitrogens with one attached hydrogen (secondary N) is 1. The van der Waals surface area contributed by atoms with E-state index < -0.39 is 10.0 Å². The van der Waals surface area contributed by atoms with Crippen molar-refractivity contribution in [1.82, 2.24) is 14.6 Å². The molecule has 0 spiro atoms. The summed E-state index contributed by atoms with van der Waals surface area (Å²) in [6.45, 7) is 4.81. The molecule has 0 amide bonds. The smallest absolute Gasteiger partial charge is 0.215 e. The average molecular weight is 271 g/mol. The van der Waals surface area contributed by atoms with Crippen molar-refractivity contribution in [3.05, 3.63) is 30.1 Å². The Morgan fingerprint density at radius 1 is 1.44 bits per heavy atom. The van der Waals surface area contributed by atoms with Crippen LogP contribution in [0.3, 0.4) is 0 Å². The molecule has 18 heavy (non-hydrogen) atoms. The predicted octanol–water partition coefficient (Wildman–Crippen LogP) is 0.841. The summed E-state index contributed by atoms with van der Waals surface area (Å²) < 4.78 is 25.3. The molecule has 0 saturated carbocycles. The van der Waals surface area contributed by atoms with Gasteiger partial charge in [-0.2, -0.15) is 0 Å². The van der Waals surface area contributed by atoms with Crippen LogP contribution < -0.4 is 5.32 Å². The van der Waals surface area contributed by atoms with Crippen molar-refractivity contribution in [3.8, 4) is 0 Å². The highest BCUT2D eigenvalue weighted by atomic mass is 32.2. The minimum atomic E-state index is -3.21. The summed E-state index contributed by atoms with van der Waals surface area (Å²) in [6, 6.07) is 3.96. The zero-order chi connectivity index (χ0) is 13.6. The first-order valence-corrected chi connectivity index (χ1v) is 7.59. The molecule has 6 heteroatoms. The number of aromatic nitrogens is 1. The van der Waals surface area contributed by atoms with E-state index in [9.17, 15) is 8.42 Å². The molecule has 1 aromatic rings. The Kier molecular flexibility index (Phi) is 5.71. The van der Waals surface area contributed by atoms with Gasteiger partial charge < -0.3 is 5.32 Å². The van der Waals surface area contributed by atoms with Crippen molar-refractivity contribution in [3.63, 3.8) is 0 Å². The van der Waals surface area contributed by atoms with E-state index in [1.807, 2.05) is 19.9 Å². The van der Waals surface area contributed by atoms with Gasteiger partial charge in [0.15, 0.2) is 0 Å². The third-order valence-corrected chi connectivity index (χ3v) is 4.31. The lowest BCUT2D eigenvalue weighted by Gasteiger charge is -2.17. The van der Waals surface area contributed by atoms with Crippen LogP contribution in [0.15, 0.2) is 24.5 Å². The van der Waals surface area contributed by atoms with E-state index >= 15 is 0 Å². The molecule has 0 radical (unpaired) electrons. The van der Waals surface area contributed by atoms with Crippen LogP contribution in [0, 0.1) is 0 Å². The summed E-state index contributed by atoms with van der Waals surface area (Å²) in [5.41, 5.74) is 0.889. The summed E-state index contributed by atoms with van der Waals surface area (Å²) in [5.74, 6) is 0.113. The molecule has 0 saturated heterocycles.